The van der Waals surface area contributed by atoms with E-state index in [-0.39, 0.29) is 0 Å². The number of carbonyl (C=O) groups excluding carboxylic acids is 1. The SMILES string of the molecule is COC(=O)c1ccc(NS(=O)(=O)NOC(C)(C)C)cc1. The Morgan fingerprint density at radius 2 is 1.70 bits per heavy atom. The van der Waals surface area contributed by atoms with E-state index in [9.17, 15) is 13.2 Å². The zero-order chi connectivity index (χ0) is 15.4. The molecule has 7 nitrogen and oxygen atoms in total. The molecule has 0 fully saturated rings. The minimum atomic E-state index is -3.84. The average molecular weight is 302 g/mol. The second-order valence-corrected chi connectivity index (χ2v) is 6.35. The van der Waals surface area contributed by atoms with Crippen LogP contribution in [0.4, 0.5) is 5.69 Å². The Labute approximate surface area is 118 Å². The predicted molar refractivity (Wildman–Crippen MR) is 74.3 cm³/mol. The van der Waals surface area contributed by atoms with Crippen LogP contribution >= 0.6 is 0 Å². The van der Waals surface area contributed by atoms with Crippen LogP contribution in [0.3, 0.4) is 0 Å². The number of hydrogen-bond acceptors (Lipinski definition) is 5. The van der Waals surface area contributed by atoms with Crippen LogP contribution in [0, 0.1) is 0 Å². The van der Waals surface area contributed by atoms with Crippen molar-refractivity contribution < 1.29 is 22.8 Å². The van der Waals surface area contributed by atoms with E-state index in [0.717, 1.165) is 0 Å². The van der Waals surface area contributed by atoms with Crippen molar-refractivity contribution in [1.29, 1.82) is 0 Å². The van der Waals surface area contributed by atoms with Gasteiger partial charge in [-0.05, 0) is 45.0 Å². The average Bonchev–Trinajstić information content (AvgIpc) is 2.35. The monoisotopic (exact) mass is 302 g/mol. The van der Waals surface area contributed by atoms with Crippen LogP contribution < -0.4 is 9.61 Å². The van der Waals surface area contributed by atoms with Gasteiger partial charge in [0.15, 0.2) is 0 Å². The molecular formula is C12H18N2O5S. The fourth-order valence-corrected chi connectivity index (χ4v) is 2.00. The molecule has 0 aliphatic rings. The molecule has 0 heterocycles. The molecule has 2 N–H and O–H groups in total. The van der Waals surface area contributed by atoms with E-state index in [2.05, 4.69) is 9.46 Å². The van der Waals surface area contributed by atoms with Gasteiger partial charge in [-0.15, -0.1) is 0 Å². The maximum absolute atomic E-state index is 11.7. The highest BCUT2D eigenvalue weighted by Crippen LogP contribution is 2.12. The highest BCUT2D eigenvalue weighted by molar-refractivity contribution is 7.90. The second-order valence-electron chi connectivity index (χ2n) is 4.97. The standard InChI is InChI=1S/C12H18N2O5S/c1-12(2,3)19-14-20(16,17)13-10-7-5-9(6-8-10)11(15)18-4/h5-8,13-14H,1-4H3. The van der Waals surface area contributed by atoms with E-state index in [4.69, 9.17) is 4.84 Å². The van der Waals surface area contributed by atoms with E-state index < -0.39 is 21.8 Å². The number of anilines is 1. The third-order valence-corrected chi connectivity index (χ3v) is 2.82. The van der Waals surface area contributed by atoms with E-state index in [0.29, 0.717) is 11.3 Å². The van der Waals surface area contributed by atoms with Crippen molar-refractivity contribution in [3.8, 4) is 0 Å². The molecule has 0 aliphatic heterocycles. The molecule has 0 saturated heterocycles. The quantitative estimate of drug-likeness (QED) is 0.634. The molecule has 8 heteroatoms. The largest absolute Gasteiger partial charge is 0.465 e. The third-order valence-electron chi connectivity index (χ3n) is 2.02. The Kier molecular flexibility index (Phi) is 5.09. The van der Waals surface area contributed by atoms with Gasteiger partial charge in [0.1, 0.15) is 0 Å². The van der Waals surface area contributed by atoms with Gasteiger partial charge in [0.05, 0.1) is 18.3 Å². The van der Waals surface area contributed by atoms with Crippen LogP contribution in [0.1, 0.15) is 31.1 Å². The van der Waals surface area contributed by atoms with Crippen LogP contribution in [0.15, 0.2) is 24.3 Å². The Hall–Kier alpha value is -1.64. The summed E-state index contributed by atoms with van der Waals surface area (Å²) in [6.45, 7) is 5.13. The first-order chi connectivity index (χ1) is 9.13. The zero-order valence-electron chi connectivity index (χ0n) is 11.8. The van der Waals surface area contributed by atoms with Gasteiger partial charge in [-0.3, -0.25) is 9.56 Å². The van der Waals surface area contributed by atoms with Crippen molar-refractivity contribution in [3.05, 3.63) is 29.8 Å². The van der Waals surface area contributed by atoms with Crippen LogP contribution in [-0.2, 0) is 19.8 Å². The summed E-state index contributed by atoms with van der Waals surface area (Å²) >= 11 is 0. The summed E-state index contributed by atoms with van der Waals surface area (Å²) in [5.41, 5.74) is -0.0271. The number of methoxy groups -OCH3 is 1. The van der Waals surface area contributed by atoms with Crippen molar-refractivity contribution in [2.45, 2.75) is 26.4 Å². The first-order valence-corrected chi connectivity index (χ1v) is 7.27. The molecule has 0 bridgehead atoms. The van der Waals surface area contributed by atoms with Gasteiger partial charge in [-0.2, -0.15) is 8.42 Å². The lowest BCUT2D eigenvalue weighted by Gasteiger charge is -2.19. The highest BCUT2D eigenvalue weighted by Gasteiger charge is 2.17. The molecule has 0 amide bonds. The number of esters is 1. The zero-order valence-corrected chi connectivity index (χ0v) is 12.6. The summed E-state index contributed by atoms with van der Waals surface area (Å²) in [4.78, 5) is 18.2. The Bertz CT molecular complexity index is 561. The molecule has 0 aliphatic carbocycles. The number of carbonyl (C=O) groups is 1. The molecule has 1 aromatic rings. The number of benzene rings is 1. The first kappa shape index (κ1) is 16.4. The van der Waals surface area contributed by atoms with Gasteiger partial charge in [0, 0.05) is 5.69 Å². The van der Waals surface area contributed by atoms with Crippen LogP contribution in [-0.4, -0.2) is 27.1 Å². The van der Waals surface area contributed by atoms with Gasteiger partial charge in [-0.1, -0.05) is 4.89 Å². The molecule has 112 valence electrons. The first-order valence-electron chi connectivity index (χ1n) is 5.79. The summed E-state index contributed by atoms with van der Waals surface area (Å²) in [5.74, 6) is -0.492. The van der Waals surface area contributed by atoms with Crippen LogP contribution in [0.5, 0.6) is 0 Å². The summed E-state index contributed by atoms with van der Waals surface area (Å²) < 4.78 is 30.2. The molecule has 20 heavy (non-hydrogen) atoms. The van der Waals surface area contributed by atoms with Gasteiger partial charge >= 0.3 is 16.2 Å². The van der Waals surface area contributed by atoms with E-state index in [1.54, 1.807) is 20.8 Å². The third kappa shape index (κ3) is 5.55. The van der Waals surface area contributed by atoms with Gasteiger partial charge < -0.3 is 4.74 Å². The van der Waals surface area contributed by atoms with Gasteiger partial charge in [-0.25, -0.2) is 4.79 Å². The molecule has 1 aromatic carbocycles. The minimum Gasteiger partial charge on any atom is -0.465 e. The van der Waals surface area contributed by atoms with Crippen molar-refractivity contribution in [2.24, 2.45) is 0 Å². The Morgan fingerprint density at radius 1 is 1.15 bits per heavy atom. The molecule has 0 atom stereocenters. The number of rotatable bonds is 5. The van der Waals surface area contributed by atoms with Crippen molar-refractivity contribution >= 4 is 21.9 Å². The lowest BCUT2D eigenvalue weighted by atomic mass is 10.2. The number of nitrogens with one attached hydrogen (secondary N) is 2. The van der Waals surface area contributed by atoms with Crippen molar-refractivity contribution in [3.63, 3.8) is 0 Å². The fraction of sp³-hybridized carbons (Fsp3) is 0.417. The molecule has 0 saturated carbocycles. The normalized spacial score (nSPS) is 12.0. The van der Waals surface area contributed by atoms with Gasteiger partial charge in [0.2, 0.25) is 0 Å². The second kappa shape index (κ2) is 6.21. The number of hydrogen-bond donors (Lipinski definition) is 2. The topological polar surface area (TPSA) is 93.7 Å². The summed E-state index contributed by atoms with van der Waals surface area (Å²) in [5, 5.41) is 0. The van der Waals surface area contributed by atoms with Crippen molar-refractivity contribution in [1.82, 2.24) is 4.89 Å². The summed E-state index contributed by atoms with van der Waals surface area (Å²) in [6, 6.07) is 5.80. The summed E-state index contributed by atoms with van der Waals surface area (Å²) in [6.07, 6.45) is 0. The van der Waals surface area contributed by atoms with E-state index in [1.165, 1.54) is 31.4 Å². The lowest BCUT2D eigenvalue weighted by Crippen LogP contribution is -2.37. The van der Waals surface area contributed by atoms with E-state index >= 15 is 0 Å². The molecule has 0 spiro atoms. The van der Waals surface area contributed by atoms with Crippen LogP contribution in [0.2, 0.25) is 0 Å². The number of ether oxygens (including phenoxy) is 1. The maximum Gasteiger partial charge on any atom is 0.337 e. The molecule has 1 rings (SSSR count). The molecule has 0 radical (unpaired) electrons. The minimum absolute atomic E-state index is 0.294. The Morgan fingerprint density at radius 3 is 2.15 bits per heavy atom. The summed E-state index contributed by atoms with van der Waals surface area (Å²) in [7, 11) is -2.57. The Balaban J connectivity index is 2.71. The fourth-order valence-electron chi connectivity index (χ4n) is 1.15. The lowest BCUT2D eigenvalue weighted by molar-refractivity contribution is -0.0354. The smallest absolute Gasteiger partial charge is 0.337 e. The van der Waals surface area contributed by atoms with Gasteiger partial charge in [0.25, 0.3) is 0 Å². The van der Waals surface area contributed by atoms with Crippen molar-refractivity contribution in [2.75, 3.05) is 11.8 Å². The predicted octanol–water partition coefficient (Wildman–Crippen LogP) is 1.45. The molecular weight excluding hydrogens is 284 g/mol. The molecule has 0 unspecified atom stereocenters. The van der Waals surface area contributed by atoms with Crippen LogP contribution in [0.25, 0.3) is 0 Å². The highest BCUT2D eigenvalue weighted by atomic mass is 32.2. The molecule has 0 aromatic heterocycles. The van der Waals surface area contributed by atoms with E-state index in [1.807, 2.05) is 4.89 Å². The maximum atomic E-state index is 11.7.